The average molecular weight is 290 g/mol. The molecule has 0 saturated heterocycles. The van der Waals surface area contributed by atoms with Gasteiger partial charge in [0.15, 0.2) is 0 Å². The van der Waals surface area contributed by atoms with Gasteiger partial charge in [-0.1, -0.05) is 30.1 Å². The van der Waals surface area contributed by atoms with Crippen LogP contribution in [0.5, 0.6) is 5.75 Å². The summed E-state index contributed by atoms with van der Waals surface area (Å²) in [4.78, 5) is 0. The molecule has 0 heterocycles. The summed E-state index contributed by atoms with van der Waals surface area (Å²) in [7, 11) is 0. The maximum absolute atomic E-state index is 6.19. The molecule has 2 nitrogen and oxygen atoms in total. The Kier molecular flexibility index (Phi) is 6.27. The van der Waals surface area contributed by atoms with Gasteiger partial charge in [0, 0.05) is 23.2 Å². The lowest BCUT2D eigenvalue weighted by atomic mass is 10.1. The molecule has 1 rings (SSSR count). The van der Waals surface area contributed by atoms with E-state index in [9.17, 15) is 0 Å². The smallest absolute Gasteiger partial charge is 0.142 e. The zero-order valence-corrected chi connectivity index (χ0v) is 12.9. The number of rotatable bonds is 6. The van der Waals surface area contributed by atoms with Gasteiger partial charge in [0.25, 0.3) is 0 Å². The molecule has 1 atom stereocenters. The summed E-state index contributed by atoms with van der Waals surface area (Å²) in [5, 5.41) is 4.62. The zero-order chi connectivity index (χ0) is 13.7. The summed E-state index contributed by atoms with van der Waals surface area (Å²) >= 11 is 12.2. The fourth-order valence-electron chi connectivity index (χ4n) is 1.54. The Balaban J connectivity index is 2.92. The highest BCUT2D eigenvalue weighted by molar-refractivity contribution is 6.35. The number of hydrogen-bond acceptors (Lipinski definition) is 2. The first-order valence-electron chi connectivity index (χ1n) is 6.32. The molecular weight excluding hydrogens is 269 g/mol. The van der Waals surface area contributed by atoms with Crippen molar-refractivity contribution in [1.82, 2.24) is 5.32 Å². The Morgan fingerprint density at radius 2 is 1.89 bits per heavy atom. The van der Waals surface area contributed by atoms with Gasteiger partial charge in [-0.05, 0) is 39.3 Å². The number of hydrogen-bond donors (Lipinski definition) is 1. The van der Waals surface area contributed by atoms with E-state index in [-0.39, 0.29) is 6.10 Å². The summed E-state index contributed by atoms with van der Waals surface area (Å²) in [6.45, 7) is 8.97. The lowest BCUT2D eigenvalue weighted by Gasteiger charge is -2.18. The number of ether oxygens (including phenoxy) is 1. The van der Waals surface area contributed by atoms with Crippen molar-refractivity contribution in [1.29, 1.82) is 0 Å². The van der Waals surface area contributed by atoms with Crippen LogP contribution in [-0.4, -0.2) is 12.1 Å². The van der Waals surface area contributed by atoms with Gasteiger partial charge in [-0.15, -0.1) is 0 Å². The molecule has 1 N–H and O–H groups in total. The first-order valence-corrected chi connectivity index (χ1v) is 7.07. The molecule has 0 saturated carbocycles. The Hall–Kier alpha value is -0.440. The molecule has 0 aliphatic carbocycles. The fraction of sp³-hybridized carbons (Fsp3) is 0.571. The molecule has 0 aliphatic heterocycles. The molecule has 1 aromatic rings. The molecule has 0 amide bonds. The van der Waals surface area contributed by atoms with E-state index in [1.807, 2.05) is 19.9 Å². The second-order valence-electron chi connectivity index (χ2n) is 4.73. The predicted molar refractivity (Wildman–Crippen MR) is 78.8 cm³/mol. The van der Waals surface area contributed by atoms with E-state index in [4.69, 9.17) is 27.9 Å². The van der Waals surface area contributed by atoms with Crippen molar-refractivity contribution < 1.29 is 4.74 Å². The molecular formula is C14H21Cl2NO. The quantitative estimate of drug-likeness (QED) is 0.822. The van der Waals surface area contributed by atoms with E-state index < -0.39 is 0 Å². The van der Waals surface area contributed by atoms with Gasteiger partial charge in [-0.3, -0.25) is 0 Å². The molecule has 18 heavy (non-hydrogen) atoms. The van der Waals surface area contributed by atoms with E-state index in [1.165, 1.54) is 0 Å². The molecule has 102 valence electrons. The van der Waals surface area contributed by atoms with E-state index in [2.05, 4.69) is 19.2 Å². The van der Waals surface area contributed by atoms with E-state index in [0.29, 0.717) is 22.6 Å². The summed E-state index contributed by atoms with van der Waals surface area (Å²) < 4.78 is 5.77. The van der Waals surface area contributed by atoms with Crippen LogP contribution in [0.15, 0.2) is 12.1 Å². The van der Waals surface area contributed by atoms with Gasteiger partial charge < -0.3 is 10.1 Å². The third-order valence-corrected chi connectivity index (χ3v) is 3.19. The van der Waals surface area contributed by atoms with Crippen molar-refractivity contribution in [3.05, 3.63) is 27.7 Å². The molecule has 0 radical (unpaired) electrons. The lowest BCUT2D eigenvalue weighted by Crippen LogP contribution is -2.25. The normalized spacial score (nSPS) is 12.8. The number of halogens is 2. The Bertz CT molecular complexity index is 394. The highest BCUT2D eigenvalue weighted by Gasteiger charge is 2.12. The van der Waals surface area contributed by atoms with Crippen LogP contribution in [0.2, 0.25) is 10.0 Å². The summed E-state index contributed by atoms with van der Waals surface area (Å²) in [5.74, 6) is 0.729. The van der Waals surface area contributed by atoms with Crippen LogP contribution in [0.4, 0.5) is 0 Å². The fourth-order valence-corrected chi connectivity index (χ4v) is 2.12. The molecule has 0 bridgehead atoms. The molecule has 1 aromatic carbocycles. The van der Waals surface area contributed by atoms with Crippen LogP contribution in [-0.2, 0) is 6.54 Å². The standard InChI is InChI=1S/C14H21Cl2NO/c1-5-10(4)17-8-11-6-12(15)7-13(16)14(11)18-9(2)3/h6-7,9-10,17H,5,8H2,1-4H3. The van der Waals surface area contributed by atoms with Gasteiger partial charge in [-0.25, -0.2) is 0 Å². The molecule has 1 unspecified atom stereocenters. The molecule has 0 spiro atoms. The van der Waals surface area contributed by atoms with Gasteiger partial charge in [-0.2, -0.15) is 0 Å². The van der Waals surface area contributed by atoms with E-state index >= 15 is 0 Å². The Morgan fingerprint density at radius 3 is 2.44 bits per heavy atom. The average Bonchev–Trinajstić information content (AvgIpc) is 2.29. The van der Waals surface area contributed by atoms with Gasteiger partial charge in [0.05, 0.1) is 11.1 Å². The van der Waals surface area contributed by atoms with Crippen LogP contribution >= 0.6 is 23.2 Å². The highest BCUT2D eigenvalue weighted by atomic mass is 35.5. The number of benzene rings is 1. The van der Waals surface area contributed by atoms with Crippen LogP contribution < -0.4 is 10.1 Å². The molecule has 4 heteroatoms. The first-order chi connectivity index (χ1) is 8.43. The van der Waals surface area contributed by atoms with Crippen molar-refractivity contribution in [3.8, 4) is 5.75 Å². The third kappa shape index (κ3) is 4.68. The number of nitrogens with one attached hydrogen (secondary N) is 1. The largest absolute Gasteiger partial charge is 0.489 e. The van der Waals surface area contributed by atoms with Gasteiger partial charge >= 0.3 is 0 Å². The second-order valence-corrected chi connectivity index (χ2v) is 5.58. The van der Waals surface area contributed by atoms with Crippen molar-refractivity contribution in [3.63, 3.8) is 0 Å². The van der Waals surface area contributed by atoms with Crippen molar-refractivity contribution in [2.24, 2.45) is 0 Å². The van der Waals surface area contributed by atoms with Crippen LogP contribution in [0, 0.1) is 0 Å². The minimum Gasteiger partial charge on any atom is -0.489 e. The van der Waals surface area contributed by atoms with Crippen LogP contribution in [0.25, 0.3) is 0 Å². The molecule has 0 aromatic heterocycles. The van der Waals surface area contributed by atoms with Crippen molar-refractivity contribution >= 4 is 23.2 Å². The zero-order valence-electron chi connectivity index (χ0n) is 11.4. The Labute approximate surface area is 120 Å². The van der Waals surface area contributed by atoms with Crippen molar-refractivity contribution in [2.75, 3.05) is 0 Å². The monoisotopic (exact) mass is 289 g/mol. The summed E-state index contributed by atoms with van der Waals surface area (Å²) in [6, 6.07) is 4.07. The van der Waals surface area contributed by atoms with Crippen LogP contribution in [0.3, 0.4) is 0 Å². The maximum Gasteiger partial charge on any atom is 0.142 e. The van der Waals surface area contributed by atoms with E-state index in [1.54, 1.807) is 6.07 Å². The molecule has 0 aliphatic rings. The lowest BCUT2D eigenvalue weighted by molar-refractivity contribution is 0.239. The third-order valence-electron chi connectivity index (χ3n) is 2.69. The first kappa shape index (κ1) is 15.6. The van der Waals surface area contributed by atoms with Crippen molar-refractivity contribution in [2.45, 2.75) is 52.8 Å². The van der Waals surface area contributed by atoms with Crippen LogP contribution in [0.1, 0.15) is 39.7 Å². The SMILES string of the molecule is CCC(C)NCc1cc(Cl)cc(Cl)c1OC(C)C. The highest BCUT2D eigenvalue weighted by Crippen LogP contribution is 2.33. The van der Waals surface area contributed by atoms with Gasteiger partial charge in [0.2, 0.25) is 0 Å². The summed E-state index contributed by atoms with van der Waals surface area (Å²) in [5.41, 5.74) is 1.00. The maximum atomic E-state index is 6.19. The minimum atomic E-state index is 0.0889. The minimum absolute atomic E-state index is 0.0889. The molecule has 0 fully saturated rings. The topological polar surface area (TPSA) is 21.3 Å². The van der Waals surface area contributed by atoms with E-state index in [0.717, 1.165) is 17.7 Å². The van der Waals surface area contributed by atoms with Gasteiger partial charge in [0.1, 0.15) is 5.75 Å². The Morgan fingerprint density at radius 1 is 1.22 bits per heavy atom. The predicted octanol–water partition coefficient (Wildman–Crippen LogP) is 4.67. The summed E-state index contributed by atoms with van der Waals surface area (Å²) in [6.07, 6.45) is 1.17. The second kappa shape index (κ2) is 7.22.